The molecule has 1 fully saturated rings. The molecule has 0 aliphatic carbocycles. The molecule has 0 bridgehead atoms. The molecule has 0 amide bonds. The number of likely N-dealkylation sites (tertiary alicyclic amines) is 1. The lowest BCUT2D eigenvalue weighted by molar-refractivity contribution is 0.328. The Morgan fingerprint density at radius 1 is 1.19 bits per heavy atom. The van der Waals surface area contributed by atoms with Crippen molar-refractivity contribution in [3.8, 4) is 0 Å². The molecule has 0 spiro atoms. The molecule has 1 atom stereocenters. The van der Waals surface area contributed by atoms with Crippen molar-refractivity contribution in [2.24, 2.45) is 0 Å². The zero-order chi connectivity index (χ0) is 14.7. The highest BCUT2D eigenvalue weighted by Gasteiger charge is 2.22. The second kappa shape index (κ2) is 5.97. The lowest BCUT2D eigenvalue weighted by atomic mass is 10.2. The Morgan fingerprint density at radius 2 is 2.00 bits per heavy atom. The van der Waals surface area contributed by atoms with Gasteiger partial charge in [0, 0.05) is 31.7 Å². The van der Waals surface area contributed by atoms with Crippen molar-refractivity contribution in [2.45, 2.75) is 19.0 Å². The Bertz CT molecular complexity index is 580. The minimum absolute atomic E-state index is 0.205. The van der Waals surface area contributed by atoms with Crippen LogP contribution in [-0.4, -0.2) is 34.0 Å². The van der Waals surface area contributed by atoms with Gasteiger partial charge >= 0.3 is 0 Å². The number of benzene rings is 1. The first-order chi connectivity index (χ1) is 10.2. The van der Waals surface area contributed by atoms with E-state index in [1.807, 2.05) is 6.07 Å². The summed E-state index contributed by atoms with van der Waals surface area (Å²) < 4.78 is 0. The molecule has 1 aliphatic rings. The summed E-state index contributed by atoms with van der Waals surface area (Å²) in [5.74, 6) is 1.30. The van der Waals surface area contributed by atoms with Crippen LogP contribution in [0.15, 0.2) is 36.4 Å². The van der Waals surface area contributed by atoms with Crippen LogP contribution in [0.3, 0.4) is 0 Å². The largest absolute Gasteiger partial charge is 0.383 e. The lowest BCUT2D eigenvalue weighted by Gasteiger charge is -2.17. The number of nitrogen functional groups attached to an aromatic ring is 2. The van der Waals surface area contributed by atoms with Gasteiger partial charge in [-0.15, -0.1) is 0 Å². The maximum Gasteiger partial charge on any atom is 0.223 e. The second-order valence-electron chi connectivity index (χ2n) is 5.39. The molecule has 6 nitrogen and oxygen atoms in total. The van der Waals surface area contributed by atoms with Gasteiger partial charge in [-0.25, -0.2) is 0 Å². The topological polar surface area (TPSA) is 93.1 Å². The zero-order valence-electron chi connectivity index (χ0n) is 11.9. The van der Waals surface area contributed by atoms with E-state index in [0.29, 0.717) is 17.7 Å². The van der Waals surface area contributed by atoms with Crippen molar-refractivity contribution < 1.29 is 0 Å². The fourth-order valence-corrected chi connectivity index (χ4v) is 2.70. The first kappa shape index (κ1) is 13.6. The number of aromatic nitrogens is 2. The van der Waals surface area contributed by atoms with Gasteiger partial charge in [-0.1, -0.05) is 30.3 Å². The van der Waals surface area contributed by atoms with Crippen molar-refractivity contribution in [2.75, 3.05) is 29.9 Å². The molecule has 1 aromatic carbocycles. The van der Waals surface area contributed by atoms with Crippen molar-refractivity contribution in [1.82, 2.24) is 14.9 Å². The minimum Gasteiger partial charge on any atom is -0.383 e. The molecule has 21 heavy (non-hydrogen) atoms. The molecule has 2 heterocycles. The molecule has 1 aliphatic heterocycles. The van der Waals surface area contributed by atoms with Crippen molar-refractivity contribution in [1.29, 1.82) is 0 Å². The van der Waals surface area contributed by atoms with E-state index >= 15 is 0 Å². The molecule has 0 radical (unpaired) electrons. The van der Waals surface area contributed by atoms with E-state index in [1.54, 1.807) is 6.07 Å². The summed E-state index contributed by atoms with van der Waals surface area (Å²) >= 11 is 0. The highest BCUT2D eigenvalue weighted by atomic mass is 15.2. The van der Waals surface area contributed by atoms with E-state index < -0.39 is 0 Å². The molecule has 5 N–H and O–H groups in total. The number of hydrogen-bond acceptors (Lipinski definition) is 6. The van der Waals surface area contributed by atoms with Crippen molar-refractivity contribution in [3.05, 3.63) is 42.0 Å². The van der Waals surface area contributed by atoms with Gasteiger partial charge in [0.1, 0.15) is 11.6 Å². The van der Waals surface area contributed by atoms with Gasteiger partial charge in [0.2, 0.25) is 5.95 Å². The van der Waals surface area contributed by atoms with Gasteiger partial charge in [0.05, 0.1) is 0 Å². The zero-order valence-corrected chi connectivity index (χ0v) is 11.9. The predicted octanol–water partition coefficient (Wildman–Crippen LogP) is 1.33. The second-order valence-corrected chi connectivity index (χ2v) is 5.39. The number of anilines is 3. The molecule has 1 aromatic heterocycles. The molecule has 6 heteroatoms. The molecule has 0 saturated carbocycles. The molecule has 1 saturated heterocycles. The van der Waals surface area contributed by atoms with Crippen molar-refractivity contribution >= 4 is 17.6 Å². The van der Waals surface area contributed by atoms with Crippen LogP contribution in [0, 0.1) is 0 Å². The van der Waals surface area contributed by atoms with Crippen LogP contribution in [0.25, 0.3) is 0 Å². The Kier molecular flexibility index (Phi) is 3.87. The highest BCUT2D eigenvalue weighted by Crippen LogP contribution is 2.18. The summed E-state index contributed by atoms with van der Waals surface area (Å²) in [5, 5.41) is 3.39. The Hall–Kier alpha value is -2.34. The molecule has 3 rings (SSSR count). The minimum atomic E-state index is 0.205. The maximum atomic E-state index is 5.68. The van der Waals surface area contributed by atoms with Gasteiger partial charge in [0.15, 0.2) is 0 Å². The number of nitrogens with two attached hydrogens (primary N) is 2. The van der Waals surface area contributed by atoms with E-state index in [0.717, 1.165) is 26.1 Å². The van der Waals surface area contributed by atoms with Crippen LogP contribution in [0.1, 0.15) is 12.0 Å². The average molecular weight is 284 g/mol. The van der Waals surface area contributed by atoms with E-state index in [4.69, 9.17) is 11.5 Å². The van der Waals surface area contributed by atoms with Gasteiger partial charge in [0.25, 0.3) is 0 Å². The molecule has 1 unspecified atom stereocenters. The Balaban J connectivity index is 1.57. The Labute approximate surface area is 124 Å². The van der Waals surface area contributed by atoms with E-state index in [1.165, 1.54) is 5.56 Å². The predicted molar refractivity (Wildman–Crippen MR) is 84.6 cm³/mol. The smallest absolute Gasteiger partial charge is 0.223 e. The molecular weight excluding hydrogens is 264 g/mol. The third kappa shape index (κ3) is 3.61. The number of rotatable bonds is 4. The van der Waals surface area contributed by atoms with Crippen LogP contribution >= 0.6 is 0 Å². The summed E-state index contributed by atoms with van der Waals surface area (Å²) in [4.78, 5) is 10.5. The molecule has 2 aromatic rings. The van der Waals surface area contributed by atoms with Crippen molar-refractivity contribution in [3.63, 3.8) is 0 Å². The van der Waals surface area contributed by atoms with Gasteiger partial charge in [-0.3, -0.25) is 4.90 Å². The summed E-state index contributed by atoms with van der Waals surface area (Å²) in [7, 11) is 0. The van der Waals surface area contributed by atoms with Crippen LogP contribution in [0.4, 0.5) is 17.6 Å². The monoisotopic (exact) mass is 284 g/mol. The van der Waals surface area contributed by atoms with Crippen LogP contribution in [0.5, 0.6) is 0 Å². The maximum absolute atomic E-state index is 5.68. The van der Waals surface area contributed by atoms with Gasteiger partial charge in [-0.2, -0.15) is 9.97 Å². The van der Waals surface area contributed by atoms with E-state index in [9.17, 15) is 0 Å². The normalized spacial score (nSPS) is 18.8. The van der Waals surface area contributed by atoms with Crippen LogP contribution in [0.2, 0.25) is 0 Å². The third-order valence-corrected chi connectivity index (χ3v) is 3.64. The number of nitrogens with zero attached hydrogens (tertiary/aromatic N) is 3. The number of nitrogens with one attached hydrogen (secondary N) is 1. The summed E-state index contributed by atoms with van der Waals surface area (Å²) in [6.45, 7) is 3.04. The van der Waals surface area contributed by atoms with Gasteiger partial charge in [-0.05, 0) is 12.0 Å². The first-order valence-corrected chi connectivity index (χ1v) is 7.12. The molecule has 110 valence electrons. The van der Waals surface area contributed by atoms with Crippen LogP contribution < -0.4 is 16.8 Å². The quantitative estimate of drug-likeness (QED) is 0.784. The SMILES string of the molecule is Nc1cc(NC2CCN(Cc3ccccc3)C2)nc(N)n1. The van der Waals surface area contributed by atoms with E-state index in [2.05, 4.69) is 44.5 Å². The average Bonchev–Trinajstić information content (AvgIpc) is 2.86. The van der Waals surface area contributed by atoms with E-state index in [-0.39, 0.29) is 5.95 Å². The highest BCUT2D eigenvalue weighted by molar-refractivity contribution is 5.49. The fraction of sp³-hybridized carbons (Fsp3) is 0.333. The number of hydrogen-bond donors (Lipinski definition) is 3. The summed E-state index contributed by atoms with van der Waals surface area (Å²) in [5.41, 5.74) is 12.6. The fourth-order valence-electron chi connectivity index (χ4n) is 2.70. The van der Waals surface area contributed by atoms with Crippen LogP contribution in [-0.2, 0) is 6.54 Å². The summed E-state index contributed by atoms with van der Waals surface area (Å²) in [6, 6.07) is 12.6. The standard InChI is InChI=1S/C15H20N6/c16-13-8-14(20-15(17)19-13)18-12-6-7-21(10-12)9-11-4-2-1-3-5-11/h1-5,8,12H,6-7,9-10H2,(H5,16,17,18,19,20). The summed E-state index contributed by atoms with van der Waals surface area (Å²) in [6.07, 6.45) is 1.08. The third-order valence-electron chi connectivity index (χ3n) is 3.64. The Morgan fingerprint density at radius 3 is 2.76 bits per heavy atom. The first-order valence-electron chi connectivity index (χ1n) is 7.12. The van der Waals surface area contributed by atoms with Gasteiger partial charge < -0.3 is 16.8 Å². The lowest BCUT2D eigenvalue weighted by Crippen LogP contribution is -2.26. The molecular formula is C15H20N6.